The molecule has 2 aromatic carbocycles. The summed E-state index contributed by atoms with van der Waals surface area (Å²) in [6.45, 7) is -0.129. The molecule has 0 aliphatic rings. The van der Waals surface area contributed by atoms with Crippen molar-refractivity contribution < 1.29 is 9.53 Å². The fourth-order valence-electron chi connectivity index (χ4n) is 2.94. The molecule has 0 saturated carbocycles. The molecule has 1 N–H and O–H groups in total. The molecular weight excluding hydrogens is 370 g/mol. The molecule has 0 aliphatic heterocycles. The lowest BCUT2D eigenvalue weighted by Gasteiger charge is -2.04. The van der Waals surface area contributed by atoms with Crippen molar-refractivity contribution >= 4 is 28.5 Å². The van der Waals surface area contributed by atoms with Crippen molar-refractivity contribution in [3.8, 4) is 11.4 Å². The molecule has 142 valence electrons. The Labute approximate surface area is 164 Å². The lowest BCUT2D eigenvalue weighted by molar-refractivity contribution is -0.118. The average Bonchev–Trinajstić information content (AvgIpc) is 3.36. The van der Waals surface area contributed by atoms with Gasteiger partial charge in [0.2, 0.25) is 5.95 Å². The molecule has 0 fully saturated rings. The summed E-state index contributed by atoms with van der Waals surface area (Å²) < 4.78 is 8.74. The van der Waals surface area contributed by atoms with Crippen LogP contribution in [-0.4, -0.2) is 42.1 Å². The van der Waals surface area contributed by atoms with Crippen LogP contribution in [0.15, 0.2) is 72.9 Å². The summed E-state index contributed by atoms with van der Waals surface area (Å²) in [4.78, 5) is 16.4. The van der Waals surface area contributed by atoms with E-state index >= 15 is 0 Å². The number of benzene rings is 2. The van der Waals surface area contributed by atoms with Crippen LogP contribution in [0.4, 0.5) is 5.95 Å². The quantitative estimate of drug-likeness (QED) is 0.499. The number of pyridine rings is 1. The Hall–Kier alpha value is -4.27. The first-order valence-electron chi connectivity index (χ1n) is 8.91. The van der Waals surface area contributed by atoms with Crippen LogP contribution in [0.3, 0.4) is 0 Å². The summed E-state index contributed by atoms with van der Waals surface area (Å²) in [5.74, 6) is 0.481. The third-order valence-corrected chi connectivity index (χ3v) is 4.28. The van der Waals surface area contributed by atoms with E-state index in [9.17, 15) is 4.79 Å². The molecule has 0 radical (unpaired) electrons. The van der Waals surface area contributed by atoms with E-state index in [1.54, 1.807) is 33.6 Å². The number of anilines is 1. The molecule has 1 amide bonds. The number of nitrogens with one attached hydrogen (secondary N) is 1. The topological polar surface area (TPSA) is 99.2 Å². The van der Waals surface area contributed by atoms with Crippen LogP contribution in [0, 0.1) is 0 Å². The molecule has 9 heteroatoms. The van der Waals surface area contributed by atoms with E-state index < -0.39 is 0 Å². The highest BCUT2D eigenvalue weighted by Gasteiger charge is 2.11. The highest BCUT2D eigenvalue weighted by atomic mass is 16.5. The number of aromatic nitrogens is 6. The van der Waals surface area contributed by atoms with E-state index in [-0.39, 0.29) is 18.5 Å². The van der Waals surface area contributed by atoms with Gasteiger partial charge >= 0.3 is 0 Å². The number of rotatable bonds is 5. The number of carbonyl (C=O) groups is 1. The zero-order chi connectivity index (χ0) is 19.6. The SMILES string of the molecule is O=C(COc1ccccc1)Nc1nc2ccc(-n3nnc4ccccc43)cn2n1. The van der Waals surface area contributed by atoms with E-state index in [0.29, 0.717) is 11.4 Å². The molecule has 0 unspecified atom stereocenters. The van der Waals surface area contributed by atoms with Gasteiger partial charge < -0.3 is 4.74 Å². The largest absolute Gasteiger partial charge is 0.484 e. The van der Waals surface area contributed by atoms with Gasteiger partial charge in [0, 0.05) is 0 Å². The van der Waals surface area contributed by atoms with Gasteiger partial charge in [-0.25, -0.2) is 9.20 Å². The second-order valence-electron chi connectivity index (χ2n) is 6.27. The number of amides is 1. The molecule has 5 rings (SSSR count). The lowest BCUT2D eigenvalue weighted by Crippen LogP contribution is -2.20. The van der Waals surface area contributed by atoms with Crippen LogP contribution >= 0.6 is 0 Å². The highest BCUT2D eigenvalue weighted by molar-refractivity contribution is 5.90. The minimum atomic E-state index is -0.341. The van der Waals surface area contributed by atoms with Gasteiger partial charge in [0.15, 0.2) is 12.3 Å². The monoisotopic (exact) mass is 385 g/mol. The first kappa shape index (κ1) is 16.9. The minimum Gasteiger partial charge on any atom is -0.484 e. The summed E-state index contributed by atoms with van der Waals surface area (Å²) in [5, 5.41) is 15.3. The Bertz CT molecular complexity index is 1310. The van der Waals surface area contributed by atoms with Crippen LogP contribution < -0.4 is 10.1 Å². The Morgan fingerprint density at radius 3 is 2.72 bits per heavy atom. The molecule has 9 nitrogen and oxygen atoms in total. The molecule has 0 saturated heterocycles. The van der Waals surface area contributed by atoms with Crippen LogP contribution in [-0.2, 0) is 4.79 Å². The van der Waals surface area contributed by atoms with E-state index in [2.05, 4.69) is 25.7 Å². The van der Waals surface area contributed by atoms with Gasteiger partial charge in [-0.1, -0.05) is 35.5 Å². The molecule has 29 heavy (non-hydrogen) atoms. The maximum atomic E-state index is 12.1. The predicted octanol–water partition coefficient (Wildman–Crippen LogP) is 2.48. The van der Waals surface area contributed by atoms with Gasteiger partial charge in [-0.2, -0.15) is 4.98 Å². The van der Waals surface area contributed by atoms with Crippen molar-refractivity contribution in [1.82, 2.24) is 29.6 Å². The van der Waals surface area contributed by atoms with Gasteiger partial charge in [-0.3, -0.25) is 10.1 Å². The molecule has 0 spiro atoms. The number of ether oxygens (including phenoxy) is 1. The van der Waals surface area contributed by atoms with Gasteiger partial charge in [-0.05, 0) is 36.4 Å². The van der Waals surface area contributed by atoms with Crippen molar-refractivity contribution in [2.45, 2.75) is 0 Å². The third kappa shape index (κ3) is 3.36. The number of para-hydroxylation sites is 2. The van der Waals surface area contributed by atoms with E-state index in [4.69, 9.17) is 4.74 Å². The van der Waals surface area contributed by atoms with Gasteiger partial charge in [-0.15, -0.1) is 10.2 Å². The van der Waals surface area contributed by atoms with Gasteiger partial charge in [0.05, 0.1) is 17.4 Å². The van der Waals surface area contributed by atoms with Crippen LogP contribution in [0.5, 0.6) is 5.75 Å². The Balaban J connectivity index is 1.35. The molecule has 5 aromatic rings. The van der Waals surface area contributed by atoms with Crippen LogP contribution in [0.2, 0.25) is 0 Å². The Morgan fingerprint density at radius 1 is 1.00 bits per heavy atom. The fraction of sp³-hybridized carbons (Fsp3) is 0.0500. The van der Waals surface area contributed by atoms with Crippen molar-refractivity contribution in [3.63, 3.8) is 0 Å². The number of fused-ring (bicyclic) bond motifs is 2. The Kier molecular flexibility index (Phi) is 4.10. The first-order chi connectivity index (χ1) is 14.3. The summed E-state index contributed by atoms with van der Waals surface area (Å²) in [6, 6.07) is 20.5. The highest BCUT2D eigenvalue weighted by Crippen LogP contribution is 2.17. The maximum absolute atomic E-state index is 12.1. The predicted molar refractivity (Wildman–Crippen MR) is 106 cm³/mol. The summed E-state index contributed by atoms with van der Waals surface area (Å²) in [5.41, 5.74) is 3.06. The minimum absolute atomic E-state index is 0.129. The molecule has 0 atom stereocenters. The zero-order valence-corrected chi connectivity index (χ0v) is 15.1. The second kappa shape index (κ2) is 7.04. The average molecular weight is 385 g/mol. The second-order valence-corrected chi connectivity index (χ2v) is 6.27. The van der Waals surface area contributed by atoms with E-state index in [1.165, 1.54) is 0 Å². The first-order valence-corrected chi connectivity index (χ1v) is 8.91. The standard InChI is InChI=1S/C20H15N7O2/c28-19(13-29-15-6-2-1-3-7-15)22-20-21-18-11-10-14(12-26(18)24-20)27-17-9-5-4-8-16(17)23-25-27/h1-12H,13H2,(H,22,24,28). The number of carbonyl (C=O) groups excluding carboxylic acids is 1. The molecule has 3 heterocycles. The van der Waals surface area contributed by atoms with E-state index in [1.807, 2.05) is 48.5 Å². The summed E-state index contributed by atoms with van der Waals surface area (Å²) in [6.07, 6.45) is 1.78. The van der Waals surface area contributed by atoms with Crippen molar-refractivity contribution in [2.24, 2.45) is 0 Å². The number of hydrogen-bond donors (Lipinski definition) is 1. The lowest BCUT2D eigenvalue weighted by atomic mass is 10.3. The summed E-state index contributed by atoms with van der Waals surface area (Å²) in [7, 11) is 0. The molecule has 0 aliphatic carbocycles. The summed E-state index contributed by atoms with van der Waals surface area (Å²) >= 11 is 0. The van der Waals surface area contributed by atoms with Gasteiger partial charge in [0.25, 0.3) is 5.91 Å². The van der Waals surface area contributed by atoms with Gasteiger partial charge in [0.1, 0.15) is 11.3 Å². The maximum Gasteiger partial charge on any atom is 0.264 e. The number of nitrogens with zero attached hydrogens (tertiary/aromatic N) is 6. The fourth-order valence-corrected chi connectivity index (χ4v) is 2.94. The zero-order valence-electron chi connectivity index (χ0n) is 15.1. The van der Waals surface area contributed by atoms with Crippen molar-refractivity contribution in [1.29, 1.82) is 0 Å². The smallest absolute Gasteiger partial charge is 0.264 e. The van der Waals surface area contributed by atoms with Crippen LogP contribution in [0.1, 0.15) is 0 Å². The Morgan fingerprint density at radius 2 is 1.83 bits per heavy atom. The third-order valence-electron chi connectivity index (χ3n) is 4.28. The molecule has 3 aromatic heterocycles. The molecule has 0 bridgehead atoms. The van der Waals surface area contributed by atoms with Crippen molar-refractivity contribution in [2.75, 3.05) is 11.9 Å². The molecular formula is C20H15N7O2. The van der Waals surface area contributed by atoms with Crippen LogP contribution in [0.25, 0.3) is 22.4 Å². The number of hydrogen-bond acceptors (Lipinski definition) is 6. The van der Waals surface area contributed by atoms with E-state index in [0.717, 1.165) is 16.7 Å². The normalized spacial score (nSPS) is 11.0. The van der Waals surface area contributed by atoms with Crippen molar-refractivity contribution in [3.05, 3.63) is 72.9 Å².